The number of likely N-dealkylation sites (tertiary alicyclic amines) is 1. The maximum Gasteiger partial charge on any atom is 0.263 e. The first kappa shape index (κ1) is 19.5. The summed E-state index contributed by atoms with van der Waals surface area (Å²) in [6.45, 7) is 0.531. The van der Waals surface area contributed by atoms with Crippen LogP contribution in [-0.4, -0.2) is 30.8 Å². The molecular formula is C20H18FN3O3S2. The highest BCUT2D eigenvalue weighted by atomic mass is 32.2. The molecule has 2 aromatic carbocycles. The number of rotatable bonds is 5. The van der Waals surface area contributed by atoms with E-state index in [2.05, 4.69) is 9.71 Å². The second-order valence-electron chi connectivity index (χ2n) is 6.65. The normalized spacial score (nSPS) is 16.7. The van der Waals surface area contributed by atoms with E-state index in [0.29, 0.717) is 24.1 Å². The molecule has 0 aliphatic carbocycles. The molecule has 3 aromatic rings. The molecule has 4 rings (SSSR count). The number of carbonyl (C=O) groups excluding carboxylic acids is 1. The quantitative estimate of drug-likeness (QED) is 0.661. The van der Waals surface area contributed by atoms with E-state index in [0.717, 1.165) is 6.42 Å². The minimum Gasteiger partial charge on any atom is -0.331 e. The maximum atomic E-state index is 14.2. The van der Waals surface area contributed by atoms with E-state index < -0.39 is 10.0 Å². The van der Waals surface area contributed by atoms with Gasteiger partial charge in [-0.2, -0.15) is 0 Å². The molecule has 0 radical (unpaired) electrons. The fourth-order valence-electron chi connectivity index (χ4n) is 3.47. The highest BCUT2D eigenvalue weighted by molar-refractivity contribution is 7.93. The van der Waals surface area contributed by atoms with E-state index in [-0.39, 0.29) is 27.8 Å². The van der Waals surface area contributed by atoms with Crippen LogP contribution in [0.5, 0.6) is 0 Å². The maximum absolute atomic E-state index is 14.2. The van der Waals surface area contributed by atoms with Crippen LogP contribution in [0.15, 0.2) is 65.0 Å². The van der Waals surface area contributed by atoms with E-state index in [1.807, 2.05) is 0 Å². The van der Waals surface area contributed by atoms with Gasteiger partial charge in [-0.1, -0.05) is 18.2 Å². The predicted octanol–water partition coefficient (Wildman–Crippen LogP) is 4.06. The Hall–Kier alpha value is -2.78. The number of carbonyl (C=O) groups is 1. The number of amides is 1. The summed E-state index contributed by atoms with van der Waals surface area (Å²) in [4.78, 5) is 18.6. The smallest absolute Gasteiger partial charge is 0.263 e. The third-order valence-corrected chi connectivity index (χ3v) is 7.02. The van der Waals surface area contributed by atoms with E-state index in [4.69, 9.17) is 0 Å². The number of thiazole rings is 1. The Morgan fingerprint density at radius 1 is 1.17 bits per heavy atom. The molecule has 1 unspecified atom stereocenters. The Bertz CT molecular complexity index is 1120. The average Bonchev–Trinajstić information content (AvgIpc) is 3.39. The van der Waals surface area contributed by atoms with Crippen LogP contribution < -0.4 is 4.72 Å². The van der Waals surface area contributed by atoms with Gasteiger partial charge in [0.15, 0.2) is 5.13 Å². The summed E-state index contributed by atoms with van der Waals surface area (Å²) >= 11 is 1.18. The van der Waals surface area contributed by atoms with E-state index in [9.17, 15) is 17.6 Å². The van der Waals surface area contributed by atoms with Gasteiger partial charge < -0.3 is 4.90 Å². The van der Waals surface area contributed by atoms with Crippen molar-refractivity contribution >= 4 is 32.4 Å². The summed E-state index contributed by atoms with van der Waals surface area (Å²) in [6.07, 6.45) is 2.98. The van der Waals surface area contributed by atoms with E-state index in [1.165, 1.54) is 47.9 Å². The summed E-state index contributed by atoms with van der Waals surface area (Å²) in [5, 5.41) is 1.94. The topological polar surface area (TPSA) is 79.4 Å². The molecule has 1 atom stereocenters. The first-order valence-corrected chi connectivity index (χ1v) is 11.4. The van der Waals surface area contributed by atoms with Gasteiger partial charge in [-0.3, -0.25) is 9.52 Å². The SMILES string of the molecule is O=C(c1ccc(S(=O)(=O)Nc2nccs2)cc1)N1CCCC1c1ccccc1F. The molecule has 0 saturated carbocycles. The molecule has 0 spiro atoms. The van der Waals surface area contributed by atoms with Gasteiger partial charge in [0.05, 0.1) is 10.9 Å². The van der Waals surface area contributed by atoms with Gasteiger partial charge in [0.1, 0.15) is 5.82 Å². The molecule has 0 bridgehead atoms. The van der Waals surface area contributed by atoms with Crippen LogP contribution in [0.25, 0.3) is 0 Å². The number of benzene rings is 2. The van der Waals surface area contributed by atoms with Crippen LogP contribution in [0.3, 0.4) is 0 Å². The average molecular weight is 432 g/mol. The Balaban J connectivity index is 1.54. The summed E-state index contributed by atoms with van der Waals surface area (Å²) in [5.41, 5.74) is 0.867. The molecule has 1 aliphatic rings. The molecule has 29 heavy (non-hydrogen) atoms. The molecule has 6 nitrogen and oxygen atoms in total. The lowest BCUT2D eigenvalue weighted by Gasteiger charge is -2.25. The molecular weight excluding hydrogens is 413 g/mol. The lowest BCUT2D eigenvalue weighted by Crippen LogP contribution is -2.31. The van der Waals surface area contributed by atoms with Crippen molar-refractivity contribution in [2.24, 2.45) is 0 Å². The van der Waals surface area contributed by atoms with Crippen molar-refractivity contribution in [1.82, 2.24) is 9.88 Å². The van der Waals surface area contributed by atoms with Crippen molar-refractivity contribution in [3.63, 3.8) is 0 Å². The number of anilines is 1. The highest BCUT2D eigenvalue weighted by Crippen LogP contribution is 2.34. The molecule has 1 aromatic heterocycles. The van der Waals surface area contributed by atoms with Crippen LogP contribution in [-0.2, 0) is 10.0 Å². The van der Waals surface area contributed by atoms with Crippen molar-refractivity contribution in [2.75, 3.05) is 11.3 Å². The third-order valence-electron chi connectivity index (χ3n) is 4.84. The standard InChI is InChI=1S/C20H18FN3O3S2/c21-17-5-2-1-4-16(17)18-6-3-12-24(18)19(25)14-7-9-15(10-8-14)29(26,27)23-20-22-11-13-28-20/h1-2,4-5,7-11,13,18H,3,6,12H2,(H,22,23). The zero-order valence-electron chi connectivity index (χ0n) is 15.3. The molecule has 1 saturated heterocycles. The highest BCUT2D eigenvalue weighted by Gasteiger charge is 2.32. The van der Waals surface area contributed by atoms with E-state index in [1.54, 1.807) is 28.5 Å². The Labute approximate surface area is 172 Å². The summed E-state index contributed by atoms with van der Waals surface area (Å²) in [5.74, 6) is -0.570. The number of halogens is 1. The summed E-state index contributed by atoms with van der Waals surface area (Å²) in [7, 11) is -3.78. The van der Waals surface area contributed by atoms with Crippen LogP contribution in [0.2, 0.25) is 0 Å². The molecule has 1 N–H and O–H groups in total. The minimum atomic E-state index is -3.78. The first-order chi connectivity index (χ1) is 14.0. The summed E-state index contributed by atoms with van der Waals surface area (Å²) < 4.78 is 41.5. The van der Waals surface area contributed by atoms with Crippen LogP contribution in [0.1, 0.15) is 34.8 Å². The molecule has 2 heterocycles. The van der Waals surface area contributed by atoms with Gasteiger partial charge in [-0.25, -0.2) is 17.8 Å². The van der Waals surface area contributed by atoms with Gasteiger partial charge in [0.25, 0.3) is 15.9 Å². The number of aromatic nitrogens is 1. The first-order valence-electron chi connectivity index (χ1n) is 9.03. The van der Waals surface area contributed by atoms with Gasteiger partial charge in [0.2, 0.25) is 0 Å². The zero-order chi connectivity index (χ0) is 20.4. The van der Waals surface area contributed by atoms with E-state index >= 15 is 0 Å². The van der Waals surface area contributed by atoms with Crippen molar-refractivity contribution in [3.8, 4) is 0 Å². The largest absolute Gasteiger partial charge is 0.331 e. The fourth-order valence-corrected chi connectivity index (χ4v) is 5.26. The second-order valence-corrected chi connectivity index (χ2v) is 9.22. The lowest BCUT2D eigenvalue weighted by molar-refractivity contribution is 0.0733. The van der Waals surface area contributed by atoms with Crippen molar-refractivity contribution < 1.29 is 17.6 Å². The predicted molar refractivity (Wildman–Crippen MR) is 109 cm³/mol. The molecule has 150 valence electrons. The van der Waals surface area contributed by atoms with Crippen LogP contribution in [0, 0.1) is 5.82 Å². The molecule has 1 fully saturated rings. The Morgan fingerprint density at radius 2 is 1.93 bits per heavy atom. The third kappa shape index (κ3) is 4.01. The number of nitrogens with one attached hydrogen (secondary N) is 1. The van der Waals surface area contributed by atoms with Crippen molar-refractivity contribution in [1.29, 1.82) is 0 Å². The van der Waals surface area contributed by atoms with Crippen molar-refractivity contribution in [3.05, 3.63) is 77.1 Å². The monoisotopic (exact) mass is 431 g/mol. The van der Waals surface area contributed by atoms with Gasteiger partial charge in [-0.15, -0.1) is 11.3 Å². The second kappa shape index (κ2) is 7.92. The number of hydrogen-bond donors (Lipinski definition) is 1. The van der Waals surface area contributed by atoms with Crippen LogP contribution in [0.4, 0.5) is 9.52 Å². The minimum absolute atomic E-state index is 0.0383. The zero-order valence-corrected chi connectivity index (χ0v) is 16.9. The molecule has 1 amide bonds. The summed E-state index contributed by atoms with van der Waals surface area (Å²) in [6, 6.07) is 11.9. The number of hydrogen-bond acceptors (Lipinski definition) is 5. The number of sulfonamides is 1. The molecule has 9 heteroatoms. The Morgan fingerprint density at radius 3 is 2.62 bits per heavy atom. The van der Waals surface area contributed by atoms with Crippen LogP contribution >= 0.6 is 11.3 Å². The lowest BCUT2D eigenvalue weighted by atomic mass is 10.0. The Kier molecular flexibility index (Phi) is 5.33. The van der Waals surface area contributed by atoms with Crippen molar-refractivity contribution in [2.45, 2.75) is 23.8 Å². The number of nitrogens with zero attached hydrogens (tertiary/aromatic N) is 2. The van der Waals surface area contributed by atoms with Gasteiger partial charge in [0, 0.05) is 29.2 Å². The van der Waals surface area contributed by atoms with Gasteiger partial charge >= 0.3 is 0 Å². The van der Waals surface area contributed by atoms with Gasteiger partial charge in [-0.05, 0) is 43.2 Å². The molecule has 1 aliphatic heterocycles. The fraction of sp³-hybridized carbons (Fsp3) is 0.200.